The van der Waals surface area contributed by atoms with Crippen LogP contribution in [0.15, 0.2) is 35.3 Å². The lowest BCUT2D eigenvalue weighted by atomic mass is 9.54. The van der Waals surface area contributed by atoms with Crippen molar-refractivity contribution in [3.63, 3.8) is 0 Å². The first kappa shape index (κ1) is 20.6. The van der Waals surface area contributed by atoms with Crippen LogP contribution in [0.1, 0.15) is 52.5 Å². The zero-order valence-corrected chi connectivity index (χ0v) is 18.5. The molecule has 2 fully saturated rings. The van der Waals surface area contributed by atoms with Crippen LogP contribution in [0.25, 0.3) is 0 Å². The normalized spacial score (nSPS) is 33.4. The number of likely N-dealkylation sites (tertiary alicyclic amines) is 1. The topological polar surface area (TPSA) is 44.7 Å². The van der Waals surface area contributed by atoms with Gasteiger partial charge in [0.05, 0.1) is 0 Å². The van der Waals surface area contributed by atoms with Crippen LogP contribution >= 0.6 is 0 Å². The van der Waals surface area contributed by atoms with Gasteiger partial charge in [-0.1, -0.05) is 58.0 Å². The number of carbonyl (C=O) groups is 1. The van der Waals surface area contributed by atoms with E-state index in [-0.39, 0.29) is 11.9 Å². The van der Waals surface area contributed by atoms with Gasteiger partial charge in [0.1, 0.15) is 0 Å². The predicted molar refractivity (Wildman–Crippen MR) is 119 cm³/mol. The van der Waals surface area contributed by atoms with Crippen LogP contribution in [-0.4, -0.2) is 41.7 Å². The molecule has 1 unspecified atom stereocenters. The smallest absolute Gasteiger partial charge is 0.250 e. The average Bonchev–Trinajstić information content (AvgIpc) is 2.70. The minimum absolute atomic E-state index is 0.146. The highest BCUT2D eigenvalue weighted by molar-refractivity contribution is 5.91. The molecule has 0 aromatic heterocycles. The Morgan fingerprint density at radius 3 is 2.66 bits per heavy atom. The molecular formula is C25H37N3O. The lowest BCUT2D eigenvalue weighted by molar-refractivity contribution is -0.145. The van der Waals surface area contributed by atoms with E-state index in [9.17, 15) is 4.79 Å². The van der Waals surface area contributed by atoms with E-state index >= 15 is 0 Å². The number of aliphatic imine (C=N–C) groups is 1. The van der Waals surface area contributed by atoms with Gasteiger partial charge in [0.2, 0.25) is 5.91 Å². The van der Waals surface area contributed by atoms with Gasteiger partial charge < -0.3 is 5.32 Å². The van der Waals surface area contributed by atoms with Gasteiger partial charge in [-0.05, 0) is 61.0 Å². The molecule has 0 radical (unpaired) electrons. The molecule has 29 heavy (non-hydrogen) atoms. The molecule has 1 saturated heterocycles. The number of hydrogen-bond acceptors (Lipinski definition) is 3. The Morgan fingerprint density at radius 1 is 1.21 bits per heavy atom. The molecule has 158 valence electrons. The SMILES string of the molecule is CC(C)C[C@@H]1C2C=N[C@@]3(C(=O)NCc4ccccc4)[C@H](CCN(CC(C)C)[C@@H]13)C2. The second kappa shape index (κ2) is 8.22. The van der Waals surface area contributed by atoms with Crippen molar-refractivity contribution in [3.8, 4) is 0 Å². The van der Waals surface area contributed by atoms with E-state index in [4.69, 9.17) is 4.99 Å². The first-order chi connectivity index (χ1) is 13.9. The van der Waals surface area contributed by atoms with Gasteiger partial charge >= 0.3 is 0 Å². The Kier molecular flexibility index (Phi) is 5.83. The molecule has 4 nitrogen and oxygen atoms in total. The van der Waals surface area contributed by atoms with Gasteiger partial charge in [0.25, 0.3) is 0 Å². The Bertz CT molecular complexity index is 744. The largest absolute Gasteiger partial charge is 0.350 e. The summed E-state index contributed by atoms with van der Waals surface area (Å²) in [6.07, 6.45) is 5.55. The summed E-state index contributed by atoms with van der Waals surface area (Å²) < 4.78 is 0. The predicted octanol–water partition coefficient (Wildman–Crippen LogP) is 4.15. The van der Waals surface area contributed by atoms with Crippen LogP contribution in [0.4, 0.5) is 0 Å². The van der Waals surface area contributed by atoms with Gasteiger partial charge in [-0.2, -0.15) is 0 Å². The van der Waals surface area contributed by atoms with Gasteiger partial charge in [-0.3, -0.25) is 14.7 Å². The molecule has 1 amide bonds. The third-order valence-electron chi connectivity index (χ3n) is 7.23. The molecule has 5 rings (SSSR count). The van der Waals surface area contributed by atoms with Gasteiger partial charge in [0, 0.05) is 25.3 Å². The summed E-state index contributed by atoms with van der Waals surface area (Å²) in [6, 6.07) is 10.5. The fourth-order valence-electron chi connectivity index (χ4n) is 6.23. The standard InChI is InChI=1S/C25H37N3O/c1-17(2)12-22-20-13-21-10-11-28(16-18(3)4)23(22)25(21,27-15-20)24(29)26-14-19-8-6-5-7-9-19/h5-9,15,17-18,20-23H,10-14,16H2,1-4H3,(H,26,29)/t20?,21-,22-,23+,25+/m1/s1. The van der Waals surface area contributed by atoms with Crippen molar-refractivity contribution >= 4 is 12.1 Å². The maximum atomic E-state index is 13.8. The first-order valence-electron chi connectivity index (χ1n) is 11.5. The van der Waals surface area contributed by atoms with Crippen LogP contribution in [0.2, 0.25) is 0 Å². The summed E-state index contributed by atoms with van der Waals surface area (Å²) in [5, 5.41) is 3.28. The van der Waals surface area contributed by atoms with Crippen molar-refractivity contribution in [1.82, 2.24) is 10.2 Å². The van der Waals surface area contributed by atoms with E-state index in [1.807, 2.05) is 18.2 Å². The van der Waals surface area contributed by atoms with Crippen LogP contribution in [0.5, 0.6) is 0 Å². The van der Waals surface area contributed by atoms with Crippen molar-refractivity contribution in [2.24, 2.45) is 34.6 Å². The number of benzene rings is 1. The highest BCUT2D eigenvalue weighted by Crippen LogP contribution is 2.54. The minimum atomic E-state index is -0.601. The third-order valence-corrected chi connectivity index (χ3v) is 7.23. The molecule has 1 aromatic rings. The van der Waals surface area contributed by atoms with Crippen molar-refractivity contribution in [3.05, 3.63) is 35.9 Å². The number of rotatable bonds is 7. The van der Waals surface area contributed by atoms with Gasteiger partial charge in [-0.25, -0.2) is 0 Å². The number of carbonyl (C=O) groups excluding carboxylic acids is 1. The van der Waals surface area contributed by atoms with Crippen molar-refractivity contribution < 1.29 is 4.79 Å². The fourth-order valence-corrected chi connectivity index (χ4v) is 6.23. The summed E-state index contributed by atoms with van der Waals surface area (Å²) in [5.74, 6) is 2.83. The molecular weight excluding hydrogens is 358 g/mol. The molecule has 4 bridgehead atoms. The quantitative estimate of drug-likeness (QED) is 0.754. The monoisotopic (exact) mass is 395 g/mol. The van der Waals surface area contributed by atoms with Crippen molar-refractivity contribution in [2.75, 3.05) is 13.1 Å². The zero-order chi connectivity index (χ0) is 20.6. The maximum absolute atomic E-state index is 13.8. The average molecular weight is 396 g/mol. The molecule has 1 saturated carbocycles. The summed E-state index contributed by atoms with van der Waals surface area (Å²) in [5.41, 5.74) is 0.546. The Morgan fingerprint density at radius 2 is 1.97 bits per heavy atom. The molecule has 3 aliphatic heterocycles. The number of hydrogen-bond donors (Lipinski definition) is 1. The lowest BCUT2D eigenvalue weighted by Gasteiger charge is -2.62. The fraction of sp³-hybridized carbons (Fsp3) is 0.680. The summed E-state index contributed by atoms with van der Waals surface area (Å²) in [7, 11) is 0. The number of amides is 1. The molecule has 3 heterocycles. The Balaban J connectivity index is 1.65. The first-order valence-corrected chi connectivity index (χ1v) is 11.5. The summed E-state index contributed by atoms with van der Waals surface area (Å²) >= 11 is 0. The van der Waals surface area contributed by atoms with Crippen LogP contribution < -0.4 is 5.32 Å². The van der Waals surface area contributed by atoms with E-state index in [1.165, 1.54) is 6.42 Å². The van der Waals surface area contributed by atoms with E-state index in [0.29, 0.717) is 36.1 Å². The second-order valence-electron chi connectivity index (χ2n) is 10.3. The minimum Gasteiger partial charge on any atom is -0.350 e. The Labute approximate surface area is 176 Å². The van der Waals surface area contributed by atoms with E-state index in [0.717, 1.165) is 31.5 Å². The lowest BCUT2D eigenvalue weighted by Crippen LogP contribution is -2.74. The van der Waals surface area contributed by atoms with Crippen LogP contribution in [-0.2, 0) is 11.3 Å². The number of piperidine rings is 1. The highest BCUT2D eigenvalue weighted by atomic mass is 16.2. The maximum Gasteiger partial charge on any atom is 0.250 e. The van der Waals surface area contributed by atoms with Crippen molar-refractivity contribution in [1.29, 1.82) is 0 Å². The second-order valence-corrected chi connectivity index (χ2v) is 10.3. The van der Waals surface area contributed by atoms with Crippen LogP contribution in [0, 0.1) is 29.6 Å². The Hall–Kier alpha value is -1.68. The molecule has 1 aromatic carbocycles. The zero-order valence-electron chi connectivity index (χ0n) is 18.5. The van der Waals surface area contributed by atoms with Gasteiger partial charge in [-0.15, -0.1) is 0 Å². The highest BCUT2D eigenvalue weighted by Gasteiger charge is 2.64. The van der Waals surface area contributed by atoms with E-state index in [1.54, 1.807) is 0 Å². The molecule has 4 heteroatoms. The molecule has 0 spiro atoms. The summed E-state index contributed by atoms with van der Waals surface area (Å²) in [4.78, 5) is 21.5. The number of nitrogens with zero attached hydrogens (tertiary/aromatic N) is 2. The van der Waals surface area contributed by atoms with E-state index in [2.05, 4.69) is 56.3 Å². The van der Waals surface area contributed by atoms with Crippen molar-refractivity contribution in [2.45, 2.75) is 65.1 Å². The molecule has 5 atom stereocenters. The molecule has 4 aliphatic rings. The summed E-state index contributed by atoms with van der Waals surface area (Å²) in [6.45, 7) is 12.0. The molecule has 1 N–H and O–H groups in total. The van der Waals surface area contributed by atoms with E-state index < -0.39 is 5.54 Å². The molecule has 1 aliphatic carbocycles. The number of nitrogens with one attached hydrogen (secondary N) is 1. The third kappa shape index (κ3) is 3.76. The van der Waals surface area contributed by atoms with Crippen LogP contribution in [0.3, 0.4) is 0 Å². The van der Waals surface area contributed by atoms with Gasteiger partial charge in [0.15, 0.2) is 5.54 Å².